The number of aromatic amines is 1. The summed E-state index contributed by atoms with van der Waals surface area (Å²) in [6.45, 7) is 1.15. The molecule has 1 atom stereocenters. The van der Waals surface area contributed by atoms with Crippen LogP contribution in [0.1, 0.15) is 24.6 Å². The van der Waals surface area contributed by atoms with Gasteiger partial charge in [0, 0.05) is 18.1 Å². The van der Waals surface area contributed by atoms with E-state index in [1.165, 1.54) is 18.2 Å². The lowest BCUT2D eigenvalue weighted by Crippen LogP contribution is -2.22. The minimum absolute atomic E-state index is 0.0372. The largest absolute Gasteiger partial charge is 0.493 e. The normalized spacial score (nSPS) is 18.6. The van der Waals surface area contributed by atoms with Crippen LogP contribution in [-0.4, -0.2) is 28.3 Å². The predicted molar refractivity (Wildman–Crippen MR) is 74.7 cm³/mol. The topological polar surface area (TPSA) is 75.2 Å². The molecule has 2 aromatic rings. The Bertz CT molecular complexity index is 708. The zero-order valence-corrected chi connectivity index (χ0v) is 11.3. The molecule has 110 valence electrons. The number of hydrogen-bond acceptors (Lipinski definition) is 4. The van der Waals surface area contributed by atoms with Crippen molar-refractivity contribution in [3.05, 3.63) is 46.3 Å². The number of halogens is 1. The zero-order valence-electron chi connectivity index (χ0n) is 11.3. The molecule has 6 heteroatoms. The molecule has 0 aliphatic carbocycles. The number of rotatable bonds is 2. The van der Waals surface area contributed by atoms with Crippen LogP contribution in [-0.2, 0) is 4.74 Å². The summed E-state index contributed by atoms with van der Waals surface area (Å²) in [5, 5.41) is 10.0. The van der Waals surface area contributed by atoms with Crippen molar-refractivity contribution < 1.29 is 14.2 Å². The third kappa shape index (κ3) is 2.67. The molecule has 2 N–H and O–H groups in total. The van der Waals surface area contributed by atoms with Crippen molar-refractivity contribution in [2.45, 2.75) is 18.8 Å². The highest BCUT2D eigenvalue weighted by atomic mass is 19.1. The van der Waals surface area contributed by atoms with Crippen LogP contribution in [0.25, 0.3) is 11.1 Å². The molecule has 0 amide bonds. The molecular formula is C15H15FN2O3. The summed E-state index contributed by atoms with van der Waals surface area (Å²) >= 11 is 0. The highest BCUT2D eigenvalue weighted by Gasteiger charge is 2.22. The fourth-order valence-electron chi connectivity index (χ4n) is 2.53. The number of aromatic nitrogens is 2. The Kier molecular flexibility index (Phi) is 3.70. The maximum Gasteiger partial charge on any atom is 0.262 e. The Labute approximate surface area is 120 Å². The summed E-state index contributed by atoms with van der Waals surface area (Å²) in [6.07, 6.45) is 1.71. The maximum atomic E-state index is 13.8. The molecule has 5 nitrogen and oxygen atoms in total. The minimum Gasteiger partial charge on any atom is -0.493 e. The van der Waals surface area contributed by atoms with Gasteiger partial charge in [-0.1, -0.05) is 18.2 Å². The van der Waals surface area contributed by atoms with E-state index in [4.69, 9.17) is 4.74 Å². The van der Waals surface area contributed by atoms with Crippen LogP contribution in [0.15, 0.2) is 29.1 Å². The van der Waals surface area contributed by atoms with Gasteiger partial charge in [0.25, 0.3) is 5.56 Å². The van der Waals surface area contributed by atoms with Crippen LogP contribution in [0.3, 0.4) is 0 Å². The lowest BCUT2D eigenvalue weighted by Gasteiger charge is -2.21. The second-order valence-corrected chi connectivity index (χ2v) is 5.04. The molecule has 21 heavy (non-hydrogen) atoms. The highest BCUT2D eigenvalue weighted by molar-refractivity contribution is 5.67. The molecule has 1 unspecified atom stereocenters. The first-order chi connectivity index (χ1) is 10.2. The van der Waals surface area contributed by atoms with Crippen molar-refractivity contribution in [2.24, 2.45) is 0 Å². The van der Waals surface area contributed by atoms with Gasteiger partial charge in [-0.25, -0.2) is 4.39 Å². The standard InChI is InChI=1S/C15H15FN2O3/c16-11-6-2-1-5-10(11)12-14(19)17-13(18-15(12)20)9-4-3-7-21-8-9/h1-2,5-6,9H,3-4,7-8H2,(H2,17,18,19,20). The summed E-state index contributed by atoms with van der Waals surface area (Å²) < 4.78 is 19.1. The Morgan fingerprint density at radius 1 is 1.38 bits per heavy atom. The summed E-state index contributed by atoms with van der Waals surface area (Å²) in [6, 6.07) is 5.78. The van der Waals surface area contributed by atoms with E-state index in [-0.39, 0.29) is 17.0 Å². The zero-order chi connectivity index (χ0) is 14.8. The van der Waals surface area contributed by atoms with Gasteiger partial charge < -0.3 is 14.8 Å². The van der Waals surface area contributed by atoms with Crippen LogP contribution in [0.4, 0.5) is 4.39 Å². The van der Waals surface area contributed by atoms with Gasteiger partial charge in [-0.15, -0.1) is 0 Å². The molecule has 0 radical (unpaired) electrons. The Morgan fingerprint density at radius 2 is 2.19 bits per heavy atom. The van der Waals surface area contributed by atoms with E-state index in [2.05, 4.69) is 9.97 Å². The van der Waals surface area contributed by atoms with Crippen LogP contribution in [0, 0.1) is 5.82 Å². The monoisotopic (exact) mass is 290 g/mol. The van der Waals surface area contributed by atoms with Gasteiger partial charge in [-0.05, 0) is 18.9 Å². The molecular weight excluding hydrogens is 275 g/mol. The Balaban J connectivity index is 2.05. The van der Waals surface area contributed by atoms with Gasteiger partial charge in [0.1, 0.15) is 17.2 Å². The minimum atomic E-state index is -0.575. The number of aromatic hydroxyl groups is 1. The quantitative estimate of drug-likeness (QED) is 0.889. The second kappa shape index (κ2) is 5.65. The van der Waals surface area contributed by atoms with Gasteiger partial charge in [0.05, 0.1) is 6.61 Å². The van der Waals surface area contributed by atoms with Gasteiger partial charge in [-0.3, -0.25) is 4.79 Å². The molecule has 1 aromatic heterocycles. The second-order valence-electron chi connectivity index (χ2n) is 5.04. The van der Waals surface area contributed by atoms with E-state index < -0.39 is 17.3 Å². The van der Waals surface area contributed by atoms with E-state index in [1.54, 1.807) is 6.07 Å². The summed E-state index contributed by atoms with van der Waals surface area (Å²) in [4.78, 5) is 18.9. The van der Waals surface area contributed by atoms with Crippen LogP contribution >= 0.6 is 0 Å². The lowest BCUT2D eigenvalue weighted by molar-refractivity contribution is 0.0778. The fourth-order valence-corrected chi connectivity index (χ4v) is 2.53. The Morgan fingerprint density at radius 3 is 2.86 bits per heavy atom. The highest BCUT2D eigenvalue weighted by Crippen LogP contribution is 2.28. The number of benzene rings is 1. The third-order valence-electron chi connectivity index (χ3n) is 3.61. The van der Waals surface area contributed by atoms with Gasteiger partial charge >= 0.3 is 0 Å². The summed E-state index contributed by atoms with van der Waals surface area (Å²) in [7, 11) is 0. The fraction of sp³-hybridized carbons (Fsp3) is 0.333. The van der Waals surface area contributed by atoms with Crippen LogP contribution in [0.2, 0.25) is 0 Å². The van der Waals surface area contributed by atoms with Crippen molar-refractivity contribution in [3.8, 4) is 17.0 Å². The third-order valence-corrected chi connectivity index (χ3v) is 3.61. The Hall–Kier alpha value is -2.21. The van der Waals surface area contributed by atoms with Crippen LogP contribution < -0.4 is 5.56 Å². The molecule has 0 bridgehead atoms. The molecule has 1 aromatic carbocycles. The van der Waals surface area contributed by atoms with Crippen molar-refractivity contribution in [3.63, 3.8) is 0 Å². The first-order valence-corrected chi connectivity index (χ1v) is 6.82. The molecule has 1 aliphatic heterocycles. The lowest BCUT2D eigenvalue weighted by atomic mass is 10.0. The molecule has 0 saturated carbocycles. The molecule has 2 heterocycles. The first-order valence-electron chi connectivity index (χ1n) is 6.82. The van der Waals surface area contributed by atoms with Gasteiger partial charge in [-0.2, -0.15) is 4.98 Å². The average Bonchev–Trinajstić information content (AvgIpc) is 2.49. The molecule has 1 saturated heterocycles. The van der Waals surface area contributed by atoms with E-state index in [0.717, 1.165) is 12.8 Å². The van der Waals surface area contributed by atoms with Crippen molar-refractivity contribution in [1.29, 1.82) is 0 Å². The predicted octanol–water partition coefficient (Wildman–Crippen LogP) is 2.18. The number of ether oxygens (including phenoxy) is 1. The average molecular weight is 290 g/mol. The van der Waals surface area contributed by atoms with Crippen molar-refractivity contribution in [1.82, 2.24) is 9.97 Å². The number of nitrogens with zero attached hydrogens (tertiary/aromatic N) is 1. The smallest absolute Gasteiger partial charge is 0.262 e. The first kappa shape index (κ1) is 13.8. The SMILES string of the molecule is O=c1[nH]c(C2CCCOC2)nc(O)c1-c1ccccc1F. The number of nitrogens with one attached hydrogen (secondary N) is 1. The van der Waals surface area contributed by atoms with E-state index in [0.29, 0.717) is 19.0 Å². The number of hydrogen-bond donors (Lipinski definition) is 2. The van der Waals surface area contributed by atoms with Gasteiger partial charge in [0.15, 0.2) is 0 Å². The molecule has 1 aliphatic rings. The maximum absolute atomic E-state index is 13.8. The van der Waals surface area contributed by atoms with E-state index in [1.807, 2.05) is 0 Å². The van der Waals surface area contributed by atoms with E-state index in [9.17, 15) is 14.3 Å². The summed E-state index contributed by atoms with van der Waals surface area (Å²) in [5.74, 6) is -0.692. The number of H-pyrrole nitrogens is 1. The van der Waals surface area contributed by atoms with Crippen molar-refractivity contribution in [2.75, 3.05) is 13.2 Å². The van der Waals surface area contributed by atoms with Crippen molar-refractivity contribution >= 4 is 0 Å². The molecule has 3 rings (SSSR count). The summed E-state index contributed by atoms with van der Waals surface area (Å²) in [5.41, 5.74) is -0.656. The molecule has 0 spiro atoms. The molecule has 1 fully saturated rings. The van der Waals surface area contributed by atoms with Crippen LogP contribution in [0.5, 0.6) is 5.88 Å². The van der Waals surface area contributed by atoms with E-state index >= 15 is 0 Å². The van der Waals surface area contributed by atoms with Gasteiger partial charge in [0.2, 0.25) is 5.88 Å².